The van der Waals surface area contributed by atoms with E-state index in [1.165, 1.54) is 0 Å². The molecule has 32 heavy (non-hydrogen) atoms. The summed E-state index contributed by atoms with van der Waals surface area (Å²) in [6.07, 6.45) is 0. The summed E-state index contributed by atoms with van der Waals surface area (Å²) in [6.45, 7) is 5.76. The van der Waals surface area contributed by atoms with E-state index in [0.29, 0.717) is 22.2 Å². The Kier molecular flexibility index (Phi) is 7.73. The van der Waals surface area contributed by atoms with Crippen LogP contribution in [0.5, 0.6) is 11.5 Å². The van der Waals surface area contributed by atoms with E-state index in [1.54, 1.807) is 24.3 Å². The van der Waals surface area contributed by atoms with Crippen molar-refractivity contribution < 1.29 is 14.3 Å². The fourth-order valence-electron chi connectivity index (χ4n) is 3.33. The summed E-state index contributed by atoms with van der Waals surface area (Å²) >= 11 is 6.16. The zero-order chi connectivity index (χ0) is 23.1. The lowest BCUT2D eigenvalue weighted by Crippen LogP contribution is -2.36. The van der Waals surface area contributed by atoms with Gasteiger partial charge in [0.15, 0.2) is 5.75 Å². The Morgan fingerprint density at radius 1 is 0.844 bits per heavy atom. The maximum absolute atomic E-state index is 12.3. The summed E-state index contributed by atoms with van der Waals surface area (Å²) < 4.78 is 5.88. The summed E-state index contributed by atoms with van der Waals surface area (Å²) in [7, 11) is 0. The van der Waals surface area contributed by atoms with Gasteiger partial charge < -0.3 is 20.7 Å². The predicted octanol–water partition coefficient (Wildman–Crippen LogP) is 5.22. The average Bonchev–Trinajstić information content (AvgIpc) is 2.75. The Hall–Kier alpha value is -3.51. The summed E-state index contributed by atoms with van der Waals surface area (Å²) in [4.78, 5) is 24.6. The van der Waals surface area contributed by atoms with Crippen molar-refractivity contribution in [3.8, 4) is 11.5 Å². The number of anilines is 2. The van der Waals surface area contributed by atoms with Gasteiger partial charge in [-0.25, -0.2) is 0 Å². The van der Waals surface area contributed by atoms with Gasteiger partial charge in [0, 0.05) is 5.69 Å². The van der Waals surface area contributed by atoms with Gasteiger partial charge in [-0.2, -0.15) is 0 Å². The molecular weight excluding hydrogens is 426 g/mol. The SMILES string of the molecule is Cc1cc(C)c(NC(=O)CNC(=O)CNc2ccccc2Oc2ccccc2Cl)c(C)c1. The van der Waals surface area contributed by atoms with E-state index in [9.17, 15) is 9.59 Å². The number of aryl methyl sites for hydroxylation is 3. The lowest BCUT2D eigenvalue weighted by atomic mass is 10.1. The summed E-state index contributed by atoms with van der Waals surface area (Å²) in [5.74, 6) is 0.462. The van der Waals surface area contributed by atoms with Crippen molar-refractivity contribution in [2.75, 3.05) is 23.7 Å². The number of rotatable bonds is 8. The predicted molar refractivity (Wildman–Crippen MR) is 129 cm³/mol. The Morgan fingerprint density at radius 3 is 2.16 bits per heavy atom. The van der Waals surface area contributed by atoms with Crippen LogP contribution in [0.25, 0.3) is 0 Å². The summed E-state index contributed by atoms with van der Waals surface area (Å²) in [5, 5.41) is 9.03. The Morgan fingerprint density at radius 2 is 1.47 bits per heavy atom. The molecule has 0 aromatic heterocycles. The first-order chi connectivity index (χ1) is 15.3. The van der Waals surface area contributed by atoms with Crippen LogP contribution >= 0.6 is 11.6 Å². The molecule has 0 unspecified atom stereocenters. The summed E-state index contributed by atoms with van der Waals surface area (Å²) in [6, 6.07) is 18.4. The molecule has 0 bridgehead atoms. The second-order valence-corrected chi connectivity index (χ2v) is 7.89. The molecule has 6 nitrogen and oxygen atoms in total. The highest BCUT2D eigenvalue weighted by molar-refractivity contribution is 6.32. The molecule has 0 fully saturated rings. The number of ether oxygens (including phenoxy) is 1. The molecule has 0 saturated carbocycles. The molecule has 0 radical (unpaired) electrons. The van der Waals surface area contributed by atoms with Crippen LogP contribution in [0.15, 0.2) is 60.7 Å². The van der Waals surface area contributed by atoms with Crippen LogP contribution in [-0.4, -0.2) is 24.9 Å². The zero-order valence-electron chi connectivity index (χ0n) is 18.3. The Labute approximate surface area is 192 Å². The number of hydrogen-bond acceptors (Lipinski definition) is 4. The van der Waals surface area contributed by atoms with Crippen molar-refractivity contribution in [3.05, 3.63) is 82.4 Å². The topological polar surface area (TPSA) is 79.5 Å². The van der Waals surface area contributed by atoms with Crippen LogP contribution < -0.4 is 20.7 Å². The van der Waals surface area contributed by atoms with Crippen molar-refractivity contribution in [2.24, 2.45) is 0 Å². The van der Waals surface area contributed by atoms with Crippen LogP contribution in [0.1, 0.15) is 16.7 Å². The molecule has 3 aromatic rings. The molecule has 0 heterocycles. The van der Waals surface area contributed by atoms with Crippen LogP contribution in [0.2, 0.25) is 5.02 Å². The number of hydrogen-bond donors (Lipinski definition) is 3. The van der Waals surface area contributed by atoms with E-state index in [2.05, 4.69) is 16.0 Å². The lowest BCUT2D eigenvalue weighted by molar-refractivity contribution is -0.122. The number of nitrogens with one attached hydrogen (secondary N) is 3. The second-order valence-electron chi connectivity index (χ2n) is 7.48. The van der Waals surface area contributed by atoms with Crippen LogP contribution in [0, 0.1) is 20.8 Å². The van der Waals surface area contributed by atoms with E-state index in [4.69, 9.17) is 16.3 Å². The van der Waals surface area contributed by atoms with Crippen LogP contribution in [0.3, 0.4) is 0 Å². The Bertz CT molecular complexity index is 1110. The molecule has 3 rings (SSSR count). The molecule has 3 N–H and O–H groups in total. The number of carbonyl (C=O) groups excluding carboxylic acids is 2. The van der Waals surface area contributed by atoms with Gasteiger partial charge in [-0.3, -0.25) is 9.59 Å². The van der Waals surface area contributed by atoms with E-state index in [1.807, 2.05) is 57.2 Å². The third kappa shape index (κ3) is 6.25. The quantitative estimate of drug-likeness (QED) is 0.438. The van der Waals surface area contributed by atoms with E-state index in [0.717, 1.165) is 22.4 Å². The van der Waals surface area contributed by atoms with Gasteiger partial charge in [-0.1, -0.05) is 53.6 Å². The highest BCUT2D eigenvalue weighted by atomic mass is 35.5. The number of para-hydroxylation sites is 3. The molecule has 0 aliphatic heterocycles. The molecule has 2 amide bonds. The molecule has 0 spiro atoms. The third-order valence-corrected chi connectivity index (χ3v) is 5.08. The number of carbonyl (C=O) groups is 2. The second kappa shape index (κ2) is 10.7. The van der Waals surface area contributed by atoms with Gasteiger partial charge in [0.1, 0.15) is 5.75 Å². The maximum atomic E-state index is 12.3. The normalized spacial score (nSPS) is 10.4. The summed E-state index contributed by atoms with van der Waals surface area (Å²) in [5.41, 5.74) is 4.52. The van der Waals surface area contributed by atoms with Crippen LogP contribution in [-0.2, 0) is 9.59 Å². The van der Waals surface area contributed by atoms with Gasteiger partial charge in [0.05, 0.1) is 23.8 Å². The molecular formula is C25H26ClN3O3. The van der Waals surface area contributed by atoms with Gasteiger partial charge in [0.25, 0.3) is 0 Å². The van der Waals surface area contributed by atoms with E-state index < -0.39 is 0 Å². The molecule has 166 valence electrons. The van der Waals surface area contributed by atoms with Crippen LogP contribution in [0.4, 0.5) is 11.4 Å². The van der Waals surface area contributed by atoms with Crippen molar-refractivity contribution in [3.63, 3.8) is 0 Å². The van der Waals surface area contributed by atoms with Crippen molar-refractivity contribution in [2.45, 2.75) is 20.8 Å². The number of benzene rings is 3. The van der Waals surface area contributed by atoms with Gasteiger partial charge in [-0.15, -0.1) is 0 Å². The maximum Gasteiger partial charge on any atom is 0.243 e. The molecule has 0 aliphatic carbocycles. The third-order valence-electron chi connectivity index (χ3n) is 4.77. The molecule has 0 aliphatic rings. The highest BCUT2D eigenvalue weighted by Crippen LogP contribution is 2.33. The van der Waals surface area contributed by atoms with Crippen molar-refractivity contribution >= 4 is 34.8 Å². The number of amides is 2. The highest BCUT2D eigenvalue weighted by Gasteiger charge is 2.11. The standard InChI is InChI=1S/C25H26ClN3O3/c1-16-12-17(2)25(18(3)13-16)29-24(31)15-28-23(30)14-27-20-9-5-7-11-22(20)32-21-10-6-4-8-19(21)26/h4-13,27H,14-15H2,1-3H3,(H,28,30)(H,29,31). The van der Waals surface area contributed by atoms with Gasteiger partial charge >= 0.3 is 0 Å². The molecule has 0 saturated heterocycles. The average molecular weight is 452 g/mol. The lowest BCUT2D eigenvalue weighted by Gasteiger charge is -2.14. The van der Waals surface area contributed by atoms with E-state index in [-0.39, 0.29) is 24.9 Å². The minimum atomic E-state index is -0.315. The van der Waals surface area contributed by atoms with Gasteiger partial charge in [0.2, 0.25) is 11.8 Å². The fourth-order valence-corrected chi connectivity index (χ4v) is 3.50. The first kappa shape index (κ1) is 23.2. The molecule has 7 heteroatoms. The molecule has 3 aromatic carbocycles. The minimum absolute atomic E-state index is 0.0151. The van der Waals surface area contributed by atoms with E-state index >= 15 is 0 Å². The van der Waals surface area contributed by atoms with Crippen molar-refractivity contribution in [1.29, 1.82) is 0 Å². The van der Waals surface area contributed by atoms with Gasteiger partial charge in [-0.05, 0) is 56.2 Å². The fraction of sp³-hybridized carbons (Fsp3) is 0.200. The first-order valence-electron chi connectivity index (χ1n) is 10.2. The first-order valence-corrected chi connectivity index (χ1v) is 10.6. The largest absolute Gasteiger partial charge is 0.454 e. The van der Waals surface area contributed by atoms with Crippen molar-refractivity contribution in [1.82, 2.24) is 5.32 Å². The monoisotopic (exact) mass is 451 g/mol. The minimum Gasteiger partial charge on any atom is -0.454 e. The zero-order valence-corrected chi connectivity index (χ0v) is 19.0. The molecule has 0 atom stereocenters. The smallest absolute Gasteiger partial charge is 0.243 e. The number of halogens is 1. The Balaban J connectivity index is 1.52.